The molecule has 1 aliphatic rings. The zero-order valence-electron chi connectivity index (χ0n) is 11.1. The molecule has 1 N–H and O–H groups in total. The minimum absolute atomic E-state index is 0.829. The highest BCUT2D eigenvalue weighted by atomic mass is 16.6. The monoisotopic (exact) mass is 254 g/mol. The lowest BCUT2D eigenvalue weighted by atomic mass is 9.97. The van der Waals surface area contributed by atoms with E-state index in [1.807, 2.05) is 18.2 Å². The predicted molar refractivity (Wildman–Crippen MR) is 75.2 cm³/mol. The van der Waals surface area contributed by atoms with Gasteiger partial charge in [-0.15, -0.1) is 0 Å². The van der Waals surface area contributed by atoms with Crippen LogP contribution in [0.3, 0.4) is 0 Å². The molecule has 0 unspecified atom stereocenters. The second-order valence-corrected chi connectivity index (χ2v) is 4.59. The Balaban J connectivity index is 2.19. The molecule has 0 fully saturated rings. The van der Waals surface area contributed by atoms with Gasteiger partial charge in [0.15, 0.2) is 0 Å². The summed E-state index contributed by atoms with van der Waals surface area (Å²) in [5.41, 5.74) is 7.41. The van der Waals surface area contributed by atoms with Crippen LogP contribution in [0.25, 0.3) is 0 Å². The fourth-order valence-electron chi connectivity index (χ4n) is 2.46. The topological polar surface area (TPSA) is 45.0 Å². The van der Waals surface area contributed by atoms with Gasteiger partial charge < -0.3 is 0 Å². The summed E-state index contributed by atoms with van der Waals surface area (Å²) in [6, 6.07) is 8.32. The molecule has 0 heterocycles. The van der Waals surface area contributed by atoms with Gasteiger partial charge in [0.2, 0.25) is 0 Å². The van der Waals surface area contributed by atoms with Crippen molar-refractivity contribution in [2.45, 2.75) is 25.7 Å². The van der Waals surface area contributed by atoms with Gasteiger partial charge in [-0.3, -0.25) is 10.3 Å². The Hall–Kier alpha value is -2.05. The maximum atomic E-state index is 9.15. The van der Waals surface area contributed by atoms with Crippen LogP contribution in [-0.4, -0.2) is 7.11 Å². The Labute approximate surface area is 114 Å². The van der Waals surface area contributed by atoms with E-state index >= 15 is 0 Å². The summed E-state index contributed by atoms with van der Waals surface area (Å²) in [6.45, 7) is 0. The minimum Gasteiger partial charge on any atom is -0.280 e. The number of hydrogen-bond donors (Lipinski definition) is 1. The van der Waals surface area contributed by atoms with E-state index in [2.05, 4.69) is 23.7 Å². The van der Waals surface area contributed by atoms with E-state index in [-0.39, 0.29) is 0 Å². The standard InChI is InChI=1S/C16H18N2O/c1-19-18-10-4-6-13-5-2-9-16-14(11-13)7-3-8-15(16)12-17/h3-4,6-8,10,18H,2,5,9,11H2,1H3/b10-4-,13-6+. The average molecular weight is 254 g/mol. The van der Waals surface area contributed by atoms with Crippen LogP contribution in [0.15, 0.2) is 42.1 Å². The van der Waals surface area contributed by atoms with Gasteiger partial charge in [-0.2, -0.15) is 5.26 Å². The maximum Gasteiger partial charge on any atom is 0.0994 e. The molecule has 0 bridgehead atoms. The summed E-state index contributed by atoms with van der Waals surface area (Å²) in [5, 5.41) is 9.15. The summed E-state index contributed by atoms with van der Waals surface area (Å²) in [6.07, 6.45) is 9.96. The van der Waals surface area contributed by atoms with Crippen molar-refractivity contribution in [2.24, 2.45) is 0 Å². The Morgan fingerprint density at radius 3 is 3.05 bits per heavy atom. The van der Waals surface area contributed by atoms with Crippen LogP contribution in [0.4, 0.5) is 0 Å². The first kappa shape index (κ1) is 13.4. The molecule has 0 amide bonds. The summed E-state index contributed by atoms with van der Waals surface area (Å²) in [7, 11) is 1.59. The van der Waals surface area contributed by atoms with Crippen LogP contribution in [0.5, 0.6) is 0 Å². The van der Waals surface area contributed by atoms with Crippen molar-refractivity contribution in [2.75, 3.05) is 7.11 Å². The van der Waals surface area contributed by atoms with Crippen LogP contribution in [0, 0.1) is 11.3 Å². The van der Waals surface area contributed by atoms with Gasteiger partial charge in [0.1, 0.15) is 0 Å². The third kappa shape index (κ3) is 3.46. The molecule has 19 heavy (non-hydrogen) atoms. The second kappa shape index (κ2) is 6.77. The first-order valence-corrected chi connectivity index (χ1v) is 6.49. The number of allylic oxidation sites excluding steroid dienone is 3. The van der Waals surface area contributed by atoms with E-state index in [1.54, 1.807) is 13.3 Å². The molecule has 3 heteroatoms. The number of hydrogen-bond acceptors (Lipinski definition) is 3. The molecule has 0 spiro atoms. The highest BCUT2D eigenvalue weighted by Gasteiger charge is 2.13. The van der Waals surface area contributed by atoms with E-state index in [1.165, 1.54) is 16.7 Å². The van der Waals surface area contributed by atoms with Gasteiger partial charge in [-0.25, -0.2) is 0 Å². The molecular weight excluding hydrogens is 236 g/mol. The van der Waals surface area contributed by atoms with Gasteiger partial charge in [0.05, 0.1) is 18.7 Å². The van der Waals surface area contributed by atoms with Crippen LogP contribution in [0.2, 0.25) is 0 Å². The quantitative estimate of drug-likeness (QED) is 0.666. The van der Waals surface area contributed by atoms with Crippen molar-refractivity contribution in [3.63, 3.8) is 0 Å². The summed E-state index contributed by atoms with van der Waals surface area (Å²) in [5.74, 6) is 0. The normalized spacial score (nSPS) is 16.9. The van der Waals surface area contributed by atoms with Gasteiger partial charge in [-0.1, -0.05) is 23.8 Å². The van der Waals surface area contributed by atoms with Crippen molar-refractivity contribution >= 4 is 0 Å². The van der Waals surface area contributed by atoms with E-state index in [0.717, 1.165) is 31.2 Å². The van der Waals surface area contributed by atoms with E-state index in [9.17, 15) is 0 Å². The molecule has 0 radical (unpaired) electrons. The second-order valence-electron chi connectivity index (χ2n) is 4.59. The molecular formula is C16H18N2O. The Morgan fingerprint density at radius 1 is 1.37 bits per heavy atom. The zero-order valence-corrected chi connectivity index (χ0v) is 11.1. The first-order chi connectivity index (χ1) is 9.35. The molecule has 0 aliphatic heterocycles. The van der Waals surface area contributed by atoms with Gasteiger partial charge >= 0.3 is 0 Å². The molecule has 98 valence electrons. The predicted octanol–water partition coefficient (Wildman–Crippen LogP) is 3.03. The molecule has 1 aromatic carbocycles. The highest BCUT2D eigenvalue weighted by molar-refractivity contribution is 5.45. The lowest BCUT2D eigenvalue weighted by Gasteiger charge is -2.07. The molecule has 3 nitrogen and oxygen atoms in total. The molecule has 1 aliphatic carbocycles. The van der Waals surface area contributed by atoms with Crippen molar-refractivity contribution in [1.82, 2.24) is 5.48 Å². The number of nitriles is 1. The van der Waals surface area contributed by atoms with E-state index in [0.29, 0.717) is 0 Å². The van der Waals surface area contributed by atoms with Gasteiger partial charge in [0, 0.05) is 6.20 Å². The SMILES string of the molecule is CON/C=C\C=C1/CCCc2c(C#N)cccc2C1. The van der Waals surface area contributed by atoms with Gasteiger partial charge in [0.25, 0.3) is 0 Å². The zero-order chi connectivity index (χ0) is 13.5. The van der Waals surface area contributed by atoms with Crippen LogP contribution < -0.4 is 5.48 Å². The Kier molecular flexibility index (Phi) is 4.77. The Morgan fingerprint density at radius 2 is 2.26 bits per heavy atom. The fraction of sp³-hybridized carbons (Fsp3) is 0.312. The molecule has 1 aromatic rings. The maximum absolute atomic E-state index is 9.15. The lowest BCUT2D eigenvalue weighted by Crippen LogP contribution is -1.99. The van der Waals surface area contributed by atoms with E-state index in [4.69, 9.17) is 10.1 Å². The summed E-state index contributed by atoms with van der Waals surface area (Å²) < 4.78 is 0. The highest BCUT2D eigenvalue weighted by Crippen LogP contribution is 2.26. The number of hydroxylamine groups is 1. The van der Waals surface area contributed by atoms with E-state index < -0.39 is 0 Å². The van der Waals surface area contributed by atoms with Crippen molar-refractivity contribution in [3.05, 3.63) is 58.8 Å². The molecule has 0 saturated carbocycles. The lowest BCUT2D eigenvalue weighted by molar-refractivity contribution is 0.128. The number of rotatable bonds is 3. The van der Waals surface area contributed by atoms with Crippen molar-refractivity contribution < 1.29 is 4.84 Å². The van der Waals surface area contributed by atoms with Crippen molar-refractivity contribution in [3.8, 4) is 6.07 Å². The largest absolute Gasteiger partial charge is 0.280 e. The number of nitrogens with one attached hydrogen (secondary N) is 1. The number of fused-ring (bicyclic) bond motifs is 1. The Bertz CT molecular complexity index is 538. The molecule has 0 saturated heterocycles. The first-order valence-electron chi connectivity index (χ1n) is 6.49. The number of benzene rings is 1. The average Bonchev–Trinajstić information content (AvgIpc) is 2.65. The smallest absolute Gasteiger partial charge is 0.0994 e. The third-order valence-electron chi connectivity index (χ3n) is 3.35. The van der Waals surface area contributed by atoms with Crippen molar-refractivity contribution in [1.29, 1.82) is 5.26 Å². The number of nitrogens with zero attached hydrogens (tertiary/aromatic N) is 1. The van der Waals surface area contributed by atoms with Crippen LogP contribution in [-0.2, 0) is 17.7 Å². The minimum atomic E-state index is 0.829. The third-order valence-corrected chi connectivity index (χ3v) is 3.35. The molecule has 2 rings (SSSR count). The van der Waals surface area contributed by atoms with Crippen LogP contribution >= 0.6 is 0 Å². The summed E-state index contributed by atoms with van der Waals surface area (Å²) in [4.78, 5) is 4.74. The molecule has 0 aromatic heterocycles. The van der Waals surface area contributed by atoms with Gasteiger partial charge in [-0.05, 0) is 49.0 Å². The van der Waals surface area contributed by atoms with Crippen LogP contribution in [0.1, 0.15) is 29.5 Å². The summed E-state index contributed by atoms with van der Waals surface area (Å²) >= 11 is 0. The fourth-order valence-corrected chi connectivity index (χ4v) is 2.46. The molecule has 0 atom stereocenters.